The molecule has 0 saturated carbocycles. The number of hydrogen-bond donors (Lipinski definition) is 1. The van der Waals surface area contributed by atoms with E-state index in [0.717, 1.165) is 13.0 Å². The van der Waals surface area contributed by atoms with Crippen LogP contribution in [0.2, 0.25) is 0 Å². The van der Waals surface area contributed by atoms with E-state index in [-0.39, 0.29) is 0 Å². The molecular formula is C12H19NS. The lowest BCUT2D eigenvalue weighted by Crippen LogP contribution is -2.03. The van der Waals surface area contributed by atoms with Crippen LogP contribution >= 0.6 is 11.8 Å². The van der Waals surface area contributed by atoms with Gasteiger partial charge in [0.05, 0.1) is 0 Å². The van der Waals surface area contributed by atoms with Crippen molar-refractivity contribution in [3.05, 3.63) is 29.3 Å². The van der Waals surface area contributed by atoms with E-state index in [9.17, 15) is 0 Å². The Kier molecular flexibility index (Phi) is 5.05. The molecule has 2 heteroatoms. The van der Waals surface area contributed by atoms with Gasteiger partial charge < -0.3 is 5.73 Å². The van der Waals surface area contributed by atoms with Crippen molar-refractivity contribution in [2.45, 2.75) is 31.6 Å². The lowest BCUT2D eigenvalue weighted by atomic mass is 10.1. The fourth-order valence-electron chi connectivity index (χ4n) is 1.41. The van der Waals surface area contributed by atoms with Crippen molar-refractivity contribution in [1.82, 2.24) is 0 Å². The summed E-state index contributed by atoms with van der Waals surface area (Å²) in [6.45, 7) is 5.12. The maximum absolute atomic E-state index is 5.54. The van der Waals surface area contributed by atoms with Crippen LogP contribution in [0.15, 0.2) is 23.1 Å². The first-order chi connectivity index (χ1) is 6.77. The minimum Gasteiger partial charge on any atom is -0.330 e. The molecule has 0 fully saturated rings. The van der Waals surface area contributed by atoms with Gasteiger partial charge in [-0.15, -0.1) is 11.8 Å². The highest BCUT2D eigenvalue weighted by atomic mass is 32.2. The summed E-state index contributed by atoms with van der Waals surface area (Å²) in [5, 5.41) is 0. The Balaban J connectivity index is 2.68. The number of nitrogens with two attached hydrogens (primary N) is 1. The highest BCUT2D eigenvalue weighted by molar-refractivity contribution is 7.99. The average Bonchev–Trinajstić information content (AvgIpc) is 2.19. The van der Waals surface area contributed by atoms with Crippen LogP contribution in [0, 0.1) is 6.92 Å². The lowest BCUT2D eigenvalue weighted by molar-refractivity contribution is 0.954. The molecule has 0 aliphatic carbocycles. The molecule has 1 rings (SSSR count). The molecule has 0 bridgehead atoms. The molecule has 78 valence electrons. The Bertz CT molecular complexity index is 284. The van der Waals surface area contributed by atoms with Gasteiger partial charge in [0.2, 0.25) is 0 Å². The number of hydrogen-bond acceptors (Lipinski definition) is 2. The van der Waals surface area contributed by atoms with Crippen molar-refractivity contribution in [3.63, 3.8) is 0 Å². The van der Waals surface area contributed by atoms with E-state index in [1.165, 1.54) is 28.2 Å². The van der Waals surface area contributed by atoms with E-state index in [0.29, 0.717) is 0 Å². The molecule has 0 heterocycles. The van der Waals surface area contributed by atoms with Gasteiger partial charge in [-0.2, -0.15) is 0 Å². The molecule has 14 heavy (non-hydrogen) atoms. The van der Waals surface area contributed by atoms with E-state index < -0.39 is 0 Å². The van der Waals surface area contributed by atoms with Crippen LogP contribution in [0.25, 0.3) is 0 Å². The first-order valence-electron chi connectivity index (χ1n) is 5.20. The Morgan fingerprint density at radius 3 is 2.71 bits per heavy atom. The minimum absolute atomic E-state index is 0.738. The van der Waals surface area contributed by atoms with Crippen molar-refractivity contribution in [2.75, 3.05) is 12.3 Å². The molecule has 2 N–H and O–H groups in total. The SMILES string of the molecule is CCCSc1ccc(CCN)c(C)c1. The fraction of sp³-hybridized carbons (Fsp3) is 0.500. The molecular weight excluding hydrogens is 190 g/mol. The summed E-state index contributed by atoms with van der Waals surface area (Å²) in [4.78, 5) is 1.38. The second-order valence-electron chi connectivity index (χ2n) is 3.48. The Morgan fingerprint density at radius 2 is 2.14 bits per heavy atom. The number of benzene rings is 1. The van der Waals surface area contributed by atoms with Crippen molar-refractivity contribution in [1.29, 1.82) is 0 Å². The van der Waals surface area contributed by atoms with Crippen LogP contribution < -0.4 is 5.73 Å². The van der Waals surface area contributed by atoms with Gasteiger partial charge in [-0.3, -0.25) is 0 Å². The van der Waals surface area contributed by atoms with Crippen molar-refractivity contribution in [3.8, 4) is 0 Å². The summed E-state index contributed by atoms with van der Waals surface area (Å²) >= 11 is 1.93. The molecule has 0 atom stereocenters. The van der Waals surface area contributed by atoms with E-state index in [2.05, 4.69) is 32.0 Å². The zero-order chi connectivity index (χ0) is 10.4. The summed E-state index contributed by atoms with van der Waals surface area (Å²) in [5.74, 6) is 1.20. The predicted octanol–water partition coefficient (Wildman–Crippen LogP) is 3.00. The largest absolute Gasteiger partial charge is 0.330 e. The number of thioether (sulfide) groups is 1. The molecule has 1 nitrogen and oxygen atoms in total. The molecule has 1 aromatic carbocycles. The highest BCUT2D eigenvalue weighted by Crippen LogP contribution is 2.21. The van der Waals surface area contributed by atoms with Crippen molar-refractivity contribution >= 4 is 11.8 Å². The Hall–Kier alpha value is -0.470. The van der Waals surface area contributed by atoms with Gasteiger partial charge in [0.25, 0.3) is 0 Å². The molecule has 0 saturated heterocycles. The first-order valence-corrected chi connectivity index (χ1v) is 6.19. The smallest absolute Gasteiger partial charge is 0.00747 e. The zero-order valence-corrected chi connectivity index (χ0v) is 9.86. The second-order valence-corrected chi connectivity index (χ2v) is 4.64. The Morgan fingerprint density at radius 1 is 1.36 bits per heavy atom. The molecule has 0 aliphatic rings. The molecule has 0 aromatic heterocycles. The van der Waals surface area contributed by atoms with Gasteiger partial charge >= 0.3 is 0 Å². The van der Waals surface area contributed by atoms with Crippen LogP contribution in [0.4, 0.5) is 0 Å². The average molecular weight is 209 g/mol. The normalized spacial score (nSPS) is 10.5. The standard InChI is InChI=1S/C12H19NS/c1-3-8-14-12-5-4-11(6-7-13)10(2)9-12/h4-5,9H,3,6-8,13H2,1-2H3. The van der Waals surface area contributed by atoms with Crippen LogP contribution in [-0.2, 0) is 6.42 Å². The predicted molar refractivity (Wildman–Crippen MR) is 65.0 cm³/mol. The van der Waals surface area contributed by atoms with E-state index in [1.54, 1.807) is 0 Å². The van der Waals surface area contributed by atoms with Crippen LogP contribution in [0.3, 0.4) is 0 Å². The minimum atomic E-state index is 0.738. The molecule has 0 radical (unpaired) electrons. The van der Waals surface area contributed by atoms with Gasteiger partial charge in [-0.25, -0.2) is 0 Å². The van der Waals surface area contributed by atoms with Gasteiger partial charge in [-0.1, -0.05) is 13.0 Å². The summed E-state index contributed by atoms with van der Waals surface area (Å²) in [5.41, 5.74) is 8.30. The number of aryl methyl sites for hydroxylation is 1. The van der Waals surface area contributed by atoms with Crippen LogP contribution in [0.5, 0.6) is 0 Å². The van der Waals surface area contributed by atoms with Crippen LogP contribution in [-0.4, -0.2) is 12.3 Å². The molecule has 1 aromatic rings. The molecule has 0 amide bonds. The topological polar surface area (TPSA) is 26.0 Å². The third-order valence-electron chi connectivity index (χ3n) is 2.20. The Labute approximate surface area is 91.1 Å². The van der Waals surface area contributed by atoms with Gasteiger partial charge in [0, 0.05) is 4.90 Å². The maximum Gasteiger partial charge on any atom is 0.00747 e. The highest BCUT2D eigenvalue weighted by Gasteiger charge is 1.99. The van der Waals surface area contributed by atoms with E-state index in [4.69, 9.17) is 5.73 Å². The van der Waals surface area contributed by atoms with E-state index in [1.807, 2.05) is 11.8 Å². The first kappa shape index (κ1) is 11.6. The molecule has 0 aliphatic heterocycles. The quantitative estimate of drug-likeness (QED) is 0.754. The molecule has 0 unspecified atom stereocenters. The third-order valence-corrected chi connectivity index (χ3v) is 3.40. The summed E-state index contributed by atoms with van der Waals surface area (Å²) in [6.07, 6.45) is 2.22. The fourth-order valence-corrected chi connectivity index (χ4v) is 2.28. The monoisotopic (exact) mass is 209 g/mol. The summed E-state index contributed by atoms with van der Waals surface area (Å²) in [7, 11) is 0. The summed E-state index contributed by atoms with van der Waals surface area (Å²) in [6, 6.07) is 6.68. The van der Waals surface area contributed by atoms with Gasteiger partial charge in [-0.05, 0) is 55.3 Å². The second kappa shape index (κ2) is 6.10. The van der Waals surface area contributed by atoms with Crippen molar-refractivity contribution < 1.29 is 0 Å². The van der Waals surface area contributed by atoms with E-state index >= 15 is 0 Å². The maximum atomic E-state index is 5.54. The lowest BCUT2D eigenvalue weighted by Gasteiger charge is -2.06. The van der Waals surface area contributed by atoms with Crippen LogP contribution in [0.1, 0.15) is 24.5 Å². The van der Waals surface area contributed by atoms with Gasteiger partial charge in [0.1, 0.15) is 0 Å². The zero-order valence-electron chi connectivity index (χ0n) is 9.05. The van der Waals surface area contributed by atoms with Gasteiger partial charge in [0.15, 0.2) is 0 Å². The third kappa shape index (κ3) is 3.35. The molecule has 0 spiro atoms. The summed E-state index contributed by atoms with van der Waals surface area (Å²) < 4.78 is 0. The number of rotatable bonds is 5. The van der Waals surface area contributed by atoms with Crippen molar-refractivity contribution in [2.24, 2.45) is 5.73 Å².